The maximum absolute atomic E-state index is 12.0. The van der Waals surface area contributed by atoms with E-state index in [0.29, 0.717) is 12.0 Å². The lowest BCUT2D eigenvalue weighted by molar-refractivity contribution is 0.134. The summed E-state index contributed by atoms with van der Waals surface area (Å²) in [5.74, 6) is 0.812. The molecule has 0 aromatic heterocycles. The molecular weight excluding hydrogens is 767 g/mol. The quantitative estimate of drug-likeness (QED) is 0.168. The maximum Gasteiger partial charge on any atom is 0.135 e. The number of hydrogen-bond donors (Lipinski definition) is 0. The Morgan fingerprint density at radius 2 is 1.38 bits per heavy atom. The van der Waals surface area contributed by atoms with E-state index in [1.54, 1.807) is 0 Å². The Balaban J connectivity index is 1.25. The zero-order valence-corrected chi connectivity index (χ0v) is 34.9. The number of rotatable bonds is 6. The molecule has 0 bridgehead atoms. The van der Waals surface area contributed by atoms with Gasteiger partial charge in [-0.3, -0.25) is 0 Å². The minimum Gasteiger partial charge on any atom is -0.485 e. The summed E-state index contributed by atoms with van der Waals surface area (Å²) >= 11 is 0. The van der Waals surface area contributed by atoms with Crippen LogP contribution in [0.1, 0.15) is 71.6 Å². The normalized spacial score (nSPS) is 20.1. The highest BCUT2D eigenvalue weighted by atomic mass is 16.5. The van der Waals surface area contributed by atoms with E-state index in [1.807, 2.05) is 0 Å². The van der Waals surface area contributed by atoms with Crippen LogP contribution in [0.3, 0.4) is 0 Å². The van der Waals surface area contributed by atoms with Crippen molar-refractivity contribution in [2.75, 3.05) is 4.90 Å². The van der Waals surface area contributed by atoms with Crippen molar-refractivity contribution in [1.82, 2.24) is 0 Å². The van der Waals surface area contributed by atoms with Crippen LogP contribution in [0.2, 0.25) is 0 Å². The molecule has 0 N–H and O–H groups in total. The summed E-state index contributed by atoms with van der Waals surface area (Å²) in [6, 6.07) is 48.5. The molecule has 5 aliphatic carbocycles. The monoisotopic (exact) mass is 809 g/mol. The van der Waals surface area contributed by atoms with Gasteiger partial charge in [0.1, 0.15) is 17.9 Å². The first-order valence-corrected chi connectivity index (χ1v) is 22.3. The van der Waals surface area contributed by atoms with Crippen LogP contribution in [0.25, 0.3) is 44.2 Å². The first-order valence-electron chi connectivity index (χ1n) is 22.3. The van der Waals surface area contributed by atoms with Crippen LogP contribution in [-0.4, -0.2) is 0 Å². The van der Waals surface area contributed by atoms with Crippen molar-refractivity contribution in [3.63, 3.8) is 0 Å². The third-order valence-electron chi connectivity index (χ3n) is 13.9. The minimum absolute atomic E-state index is 0.0167. The van der Waals surface area contributed by atoms with E-state index in [-0.39, 0.29) is 17.9 Å². The zero-order valence-electron chi connectivity index (χ0n) is 34.9. The highest BCUT2D eigenvalue weighted by Crippen LogP contribution is 2.60. The van der Waals surface area contributed by atoms with Crippen molar-refractivity contribution in [2.24, 2.45) is 11.8 Å². The Labute approximate surface area is 368 Å². The highest BCUT2D eigenvalue weighted by molar-refractivity contribution is 6.16. The first kappa shape index (κ1) is 37.1. The van der Waals surface area contributed by atoms with Crippen molar-refractivity contribution in [3.8, 4) is 34.4 Å². The SMILES string of the molecule is N#Cc1c2c(c3c4c(c(-c5ccccc5)cc3c1N(C1=CCCC=C1)c1ccc(-c3ccccc3)cc1)CC1=CC(C#N)CC=C14)C1OC3=C(CCC=C3)C1C=C2c1ccccc1. The van der Waals surface area contributed by atoms with Gasteiger partial charge < -0.3 is 9.64 Å². The number of nitrogens with zero attached hydrogens (tertiary/aromatic N) is 3. The minimum atomic E-state index is -0.313. The summed E-state index contributed by atoms with van der Waals surface area (Å²) < 4.78 is 7.21. The van der Waals surface area contributed by atoms with Gasteiger partial charge in [-0.25, -0.2) is 0 Å². The predicted molar refractivity (Wildman–Crippen MR) is 254 cm³/mol. The second kappa shape index (κ2) is 15.1. The summed E-state index contributed by atoms with van der Waals surface area (Å²) in [6.45, 7) is 0. The van der Waals surface area contributed by atoms with E-state index < -0.39 is 0 Å². The molecule has 0 fully saturated rings. The Morgan fingerprint density at radius 1 is 0.667 bits per heavy atom. The summed E-state index contributed by atoms with van der Waals surface area (Å²) in [5.41, 5.74) is 18.5. The lowest BCUT2D eigenvalue weighted by Gasteiger charge is -2.36. The number of nitriles is 2. The number of hydrogen-bond acceptors (Lipinski definition) is 4. The first-order chi connectivity index (χ1) is 31.2. The zero-order chi connectivity index (χ0) is 42.0. The molecule has 4 heteroatoms. The van der Waals surface area contributed by atoms with Gasteiger partial charge in [-0.1, -0.05) is 140 Å². The van der Waals surface area contributed by atoms with Crippen LogP contribution in [0.5, 0.6) is 0 Å². The topological polar surface area (TPSA) is 60.0 Å². The number of anilines is 2. The summed E-state index contributed by atoms with van der Waals surface area (Å²) in [4.78, 5) is 2.36. The molecular formula is C59H43N3O. The molecule has 0 saturated heterocycles. The number of fused-ring (bicyclic) bond motifs is 10. The van der Waals surface area contributed by atoms with Gasteiger partial charge in [-0.2, -0.15) is 10.5 Å². The molecule has 0 amide bonds. The van der Waals surface area contributed by atoms with Gasteiger partial charge in [-0.05, 0) is 135 Å². The van der Waals surface area contributed by atoms with Crippen LogP contribution in [0, 0.1) is 34.5 Å². The highest BCUT2D eigenvalue weighted by Gasteiger charge is 2.45. The maximum atomic E-state index is 12.0. The molecule has 6 aromatic rings. The molecule has 6 aliphatic rings. The molecule has 0 spiro atoms. The van der Waals surface area contributed by atoms with Crippen LogP contribution >= 0.6 is 0 Å². The van der Waals surface area contributed by atoms with E-state index in [4.69, 9.17) is 4.74 Å². The second-order valence-corrected chi connectivity index (χ2v) is 17.3. The van der Waals surface area contributed by atoms with Crippen LogP contribution < -0.4 is 4.90 Å². The fourth-order valence-electron chi connectivity index (χ4n) is 11.1. The number of ether oxygens (including phenoxy) is 1. The molecule has 1 heterocycles. The van der Waals surface area contributed by atoms with Gasteiger partial charge >= 0.3 is 0 Å². The van der Waals surface area contributed by atoms with Crippen molar-refractivity contribution in [3.05, 3.63) is 226 Å². The summed E-state index contributed by atoms with van der Waals surface area (Å²) in [6.07, 6.45) is 23.0. The number of benzene rings is 6. The Morgan fingerprint density at radius 3 is 2.10 bits per heavy atom. The van der Waals surface area contributed by atoms with Crippen molar-refractivity contribution in [1.29, 1.82) is 10.5 Å². The standard InChI is InChI=1S/C59H43N3O/c60-35-37-25-30-45-42(31-37)32-49-47(40-17-7-2-8-18-40)33-51-56(54(45)49)57-55(48(41-19-9-3-10-20-41)34-50-46-23-13-14-24-53(46)63-59(50)57)52(36-61)58(51)62(43-21-11-4-12-22-43)44-28-26-39(27-29-44)38-15-5-1-6-16-38/h1-3,5-11,14-22,24,26-31,33-34,37,50,59H,4,12-13,23,25,32H2. The summed E-state index contributed by atoms with van der Waals surface area (Å²) in [5, 5.41) is 24.4. The van der Waals surface area contributed by atoms with Gasteiger partial charge in [0.05, 0.1) is 23.2 Å². The Kier molecular flexibility index (Phi) is 8.87. The smallest absolute Gasteiger partial charge is 0.135 e. The van der Waals surface area contributed by atoms with Gasteiger partial charge in [-0.15, -0.1) is 0 Å². The average molecular weight is 810 g/mol. The van der Waals surface area contributed by atoms with Crippen LogP contribution in [0.4, 0.5) is 11.4 Å². The lowest BCUT2D eigenvalue weighted by atomic mass is 9.71. The molecule has 6 aromatic carbocycles. The predicted octanol–water partition coefficient (Wildman–Crippen LogP) is 14.6. The van der Waals surface area contributed by atoms with Gasteiger partial charge in [0.15, 0.2) is 0 Å². The molecule has 1 aliphatic heterocycles. The Hall–Kier alpha value is -7.66. The molecule has 4 nitrogen and oxygen atoms in total. The largest absolute Gasteiger partial charge is 0.485 e. The average Bonchev–Trinajstić information content (AvgIpc) is 3.93. The fourth-order valence-corrected chi connectivity index (χ4v) is 11.1. The second-order valence-electron chi connectivity index (χ2n) is 17.3. The molecule has 3 unspecified atom stereocenters. The number of allylic oxidation sites excluding steroid dienone is 9. The molecule has 0 radical (unpaired) electrons. The molecule has 3 atom stereocenters. The van der Waals surface area contributed by atoms with E-state index in [9.17, 15) is 10.5 Å². The third kappa shape index (κ3) is 5.94. The van der Waals surface area contributed by atoms with E-state index in [0.717, 1.165) is 110 Å². The molecule has 12 rings (SSSR count). The summed E-state index contributed by atoms with van der Waals surface area (Å²) in [7, 11) is 0. The molecule has 63 heavy (non-hydrogen) atoms. The van der Waals surface area contributed by atoms with Crippen LogP contribution in [0.15, 0.2) is 193 Å². The molecule has 0 saturated carbocycles. The third-order valence-corrected chi connectivity index (χ3v) is 13.9. The van der Waals surface area contributed by atoms with Crippen LogP contribution in [-0.2, 0) is 11.2 Å². The van der Waals surface area contributed by atoms with Gasteiger partial charge in [0.25, 0.3) is 0 Å². The fraction of sp³-hybridized carbons (Fsp3) is 0.153. The van der Waals surface area contributed by atoms with Gasteiger partial charge in [0.2, 0.25) is 0 Å². The van der Waals surface area contributed by atoms with Crippen molar-refractivity contribution < 1.29 is 4.74 Å². The van der Waals surface area contributed by atoms with E-state index in [1.165, 1.54) is 27.8 Å². The van der Waals surface area contributed by atoms with Crippen molar-refractivity contribution >= 4 is 33.3 Å². The lowest BCUT2D eigenvalue weighted by Crippen LogP contribution is -2.23. The van der Waals surface area contributed by atoms with Crippen molar-refractivity contribution in [2.45, 2.75) is 44.6 Å². The van der Waals surface area contributed by atoms with Gasteiger partial charge in [0, 0.05) is 33.8 Å². The van der Waals surface area contributed by atoms with E-state index in [2.05, 4.69) is 187 Å². The van der Waals surface area contributed by atoms with E-state index >= 15 is 0 Å². The molecule has 300 valence electrons. The Bertz CT molecular complexity index is 3200.